The van der Waals surface area contributed by atoms with Crippen molar-refractivity contribution in [2.75, 3.05) is 6.26 Å². The predicted octanol–water partition coefficient (Wildman–Crippen LogP) is 3.75. The number of hydrogen-bond donors (Lipinski definition) is 0. The molecule has 70 valence electrons. The van der Waals surface area contributed by atoms with E-state index in [1.54, 1.807) is 12.1 Å². The molecule has 0 bridgehead atoms. The molecule has 0 aromatic heterocycles. The van der Waals surface area contributed by atoms with E-state index in [1.165, 1.54) is 11.8 Å². The van der Waals surface area contributed by atoms with E-state index in [1.807, 2.05) is 13.2 Å². The minimum absolute atomic E-state index is 0.466. The summed E-state index contributed by atoms with van der Waals surface area (Å²) in [7, 11) is 0. The lowest BCUT2D eigenvalue weighted by molar-refractivity contribution is 0.107. The molecule has 0 spiro atoms. The molecule has 1 aromatic carbocycles. The number of hydrogen-bond acceptors (Lipinski definition) is 2. The van der Waals surface area contributed by atoms with Crippen molar-refractivity contribution in [3.63, 3.8) is 0 Å². The van der Waals surface area contributed by atoms with Crippen LogP contribution in [0, 0.1) is 6.92 Å². The van der Waals surface area contributed by atoms with Gasteiger partial charge in [-0.25, -0.2) is 0 Å². The van der Waals surface area contributed by atoms with Gasteiger partial charge in [0.15, 0.2) is 0 Å². The van der Waals surface area contributed by atoms with Gasteiger partial charge in [0.1, 0.15) is 0 Å². The quantitative estimate of drug-likeness (QED) is 0.573. The molecule has 0 saturated carbocycles. The molecule has 0 N–H and O–H groups in total. The normalized spacial score (nSPS) is 10.2. The Morgan fingerprint density at radius 3 is 2.54 bits per heavy atom. The van der Waals surface area contributed by atoms with Crippen LogP contribution in [0.1, 0.15) is 15.9 Å². The number of halogens is 2. The first kappa shape index (κ1) is 10.9. The smallest absolute Gasteiger partial charge is 0.253 e. The average Bonchev–Trinajstić information content (AvgIpc) is 2.09. The second-order valence-corrected chi connectivity index (χ2v) is 4.09. The fraction of sp³-hybridized carbons (Fsp3) is 0.222. The number of benzene rings is 1. The summed E-state index contributed by atoms with van der Waals surface area (Å²) in [5.41, 5.74) is 1.43. The van der Waals surface area contributed by atoms with Crippen molar-refractivity contribution in [1.29, 1.82) is 0 Å². The van der Waals surface area contributed by atoms with Gasteiger partial charge in [0, 0.05) is 10.5 Å². The lowest BCUT2D eigenvalue weighted by atomic mass is 10.2. The van der Waals surface area contributed by atoms with Gasteiger partial charge in [-0.3, -0.25) is 4.79 Å². The van der Waals surface area contributed by atoms with Crippen LogP contribution in [0.3, 0.4) is 0 Å². The van der Waals surface area contributed by atoms with Crippen LogP contribution in [0.4, 0.5) is 0 Å². The van der Waals surface area contributed by atoms with Gasteiger partial charge in [0.25, 0.3) is 5.24 Å². The summed E-state index contributed by atoms with van der Waals surface area (Å²) in [4.78, 5) is 11.7. The molecule has 0 aliphatic heterocycles. The summed E-state index contributed by atoms with van der Waals surface area (Å²) in [6, 6.07) is 3.49. The molecule has 0 fully saturated rings. The Morgan fingerprint density at radius 2 is 2.08 bits per heavy atom. The van der Waals surface area contributed by atoms with Crippen molar-refractivity contribution in [3.05, 3.63) is 28.3 Å². The third kappa shape index (κ3) is 2.19. The summed E-state index contributed by atoms with van der Waals surface area (Å²) in [5, 5.41) is 0.144. The van der Waals surface area contributed by atoms with E-state index in [0.29, 0.717) is 10.6 Å². The van der Waals surface area contributed by atoms with Crippen LogP contribution in [0.15, 0.2) is 17.0 Å². The van der Waals surface area contributed by atoms with Crippen molar-refractivity contribution < 1.29 is 4.79 Å². The molecule has 1 rings (SSSR count). The number of aryl methyl sites for hydroxylation is 1. The first-order chi connectivity index (χ1) is 6.07. The molecule has 4 heteroatoms. The number of rotatable bonds is 2. The van der Waals surface area contributed by atoms with Crippen LogP contribution in [-0.2, 0) is 0 Å². The number of carbonyl (C=O) groups excluding carboxylic acids is 1. The molecule has 0 amide bonds. The highest BCUT2D eigenvalue weighted by Crippen LogP contribution is 2.32. The van der Waals surface area contributed by atoms with Crippen LogP contribution < -0.4 is 0 Å². The Hall–Kier alpha value is -0.180. The van der Waals surface area contributed by atoms with Crippen LogP contribution in [0.5, 0.6) is 0 Å². The molecule has 13 heavy (non-hydrogen) atoms. The maximum absolute atomic E-state index is 11.0. The topological polar surface area (TPSA) is 17.1 Å². The van der Waals surface area contributed by atoms with Crippen molar-refractivity contribution in [1.82, 2.24) is 0 Å². The molecule has 1 nitrogen and oxygen atoms in total. The summed E-state index contributed by atoms with van der Waals surface area (Å²) in [5.74, 6) is 0. The zero-order valence-electron chi connectivity index (χ0n) is 7.23. The first-order valence-electron chi connectivity index (χ1n) is 3.61. The maximum atomic E-state index is 11.0. The van der Waals surface area contributed by atoms with Crippen LogP contribution in [0.25, 0.3) is 0 Å². The van der Waals surface area contributed by atoms with Crippen LogP contribution >= 0.6 is 35.0 Å². The average molecular weight is 235 g/mol. The minimum Gasteiger partial charge on any atom is -0.276 e. The zero-order valence-corrected chi connectivity index (χ0v) is 9.56. The Morgan fingerprint density at radius 1 is 1.46 bits per heavy atom. The second-order valence-electron chi connectivity index (χ2n) is 2.55. The Labute approximate surface area is 91.4 Å². The van der Waals surface area contributed by atoms with Crippen molar-refractivity contribution in [2.45, 2.75) is 11.8 Å². The van der Waals surface area contributed by atoms with Crippen LogP contribution in [0.2, 0.25) is 5.02 Å². The zero-order chi connectivity index (χ0) is 10.0. The third-order valence-electron chi connectivity index (χ3n) is 1.71. The van der Waals surface area contributed by atoms with Gasteiger partial charge in [-0.2, -0.15) is 0 Å². The SMILES string of the molecule is CSc1c(C(=O)Cl)ccc(C)c1Cl. The minimum atomic E-state index is -0.466. The van der Waals surface area contributed by atoms with Crippen molar-refractivity contribution >= 4 is 40.2 Å². The lowest BCUT2D eigenvalue weighted by Gasteiger charge is -2.07. The van der Waals surface area contributed by atoms with Crippen LogP contribution in [-0.4, -0.2) is 11.5 Å². The molecule has 0 aliphatic carbocycles. The summed E-state index contributed by atoms with van der Waals surface area (Å²) in [6.45, 7) is 1.89. The number of carbonyl (C=O) groups is 1. The van der Waals surface area contributed by atoms with Crippen molar-refractivity contribution in [2.24, 2.45) is 0 Å². The maximum Gasteiger partial charge on any atom is 0.253 e. The van der Waals surface area contributed by atoms with Gasteiger partial charge in [0.05, 0.1) is 5.02 Å². The van der Waals surface area contributed by atoms with E-state index < -0.39 is 5.24 Å². The highest BCUT2D eigenvalue weighted by Gasteiger charge is 2.12. The molecule has 1 aromatic rings. The van der Waals surface area contributed by atoms with E-state index >= 15 is 0 Å². The van der Waals surface area contributed by atoms with Gasteiger partial charge < -0.3 is 0 Å². The van der Waals surface area contributed by atoms with E-state index in [0.717, 1.165) is 10.5 Å². The fourth-order valence-corrected chi connectivity index (χ4v) is 2.34. The molecule has 0 atom stereocenters. The molecular weight excluding hydrogens is 227 g/mol. The third-order valence-corrected chi connectivity index (χ3v) is 3.34. The highest BCUT2D eigenvalue weighted by molar-refractivity contribution is 7.98. The summed E-state index contributed by atoms with van der Waals surface area (Å²) >= 11 is 12.8. The monoisotopic (exact) mass is 234 g/mol. The molecule has 0 aliphatic rings. The van der Waals surface area contributed by atoms with E-state index in [9.17, 15) is 4.79 Å². The predicted molar refractivity (Wildman–Crippen MR) is 58.2 cm³/mol. The molecular formula is C9H8Cl2OS. The summed E-state index contributed by atoms with van der Waals surface area (Å²) < 4.78 is 0. The standard InChI is InChI=1S/C9H8Cl2OS/c1-5-3-4-6(9(11)12)8(13-2)7(5)10/h3-4H,1-2H3. The molecule has 0 saturated heterocycles. The van der Waals surface area contributed by atoms with Gasteiger partial charge in [0.2, 0.25) is 0 Å². The van der Waals surface area contributed by atoms with Gasteiger partial charge in [-0.1, -0.05) is 17.7 Å². The molecule has 0 heterocycles. The lowest BCUT2D eigenvalue weighted by Crippen LogP contribution is -1.94. The van der Waals surface area contributed by atoms with E-state index in [2.05, 4.69) is 0 Å². The molecule has 0 unspecified atom stereocenters. The van der Waals surface area contributed by atoms with Gasteiger partial charge >= 0.3 is 0 Å². The highest BCUT2D eigenvalue weighted by atomic mass is 35.5. The van der Waals surface area contributed by atoms with Gasteiger partial charge in [-0.15, -0.1) is 11.8 Å². The molecule has 0 radical (unpaired) electrons. The number of thioether (sulfide) groups is 1. The summed E-state index contributed by atoms with van der Waals surface area (Å²) in [6.07, 6.45) is 1.87. The first-order valence-corrected chi connectivity index (χ1v) is 5.59. The van der Waals surface area contributed by atoms with Gasteiger partial charge in [-0.05, 0) is 36.4 Å². The van der Waals surface area contributed by atoms with E-state index in [4.69, 9.17) is 23.2 Å². The van der Waals surface area contributed by atoms with E-state index in [-0.39, 0.29) is 0 Å². The largest absolute Gasteiger partial charge is 0.276 e. The Bertz CT molecular complexity index is 350. The van der Waals surface area contributed by atoms with Crippen molar-refractivity contribution in [3.8, 4) is 0 Å². The Balaban J connectivity index is 3.38. The fourth-order valence-electron chi connectivity index (χ4n) is 1.01. The Kier molecular flexibility index (Phi) is 3.65. The second kappa shape index (κ2) is 4.36.